The SMILES string of the molecule is NC(CC1CC2CCC1C2)c1ncc[nH]1. The number of aromatic amines is 1. The Labute approximate surface area is 90.5 Å². The predicted octanol–water partition coefficient (Wildman–Crippen LogP) is 2.24. The third-order valence-electron chi connectivity index (χ3n) is 4.31. The number of aromatic nitrogens is 2. The number of fused-ring (bicyclic) bond motifs is 2. The van der Waals surface area contributed by atoms with Crippen molar-refractivity contribution in [3.05, 3.63) is 18.2 Å². The van der Waals surface area contributed by atoms with Gasteiger partial charge in [0, 0.05) is 12.4 Å². The van der Waals surface area contributed by atoms with E-state index in [0.717, 1.165) is 30.0 Å². The van der Waals surface area contributed by atoms with Crippen molar-refractivity contribution < 1.29 is 0 Å². The summed E-state index contributed by atoms with van der Waals surface area (Å²) in [4.78, 5) is 7.36. The molecule has 2 aliphatic carbocycles. The molecular formula is C12H19N3. The van der Waals surface area contributed by atoms with Crippen molar-refractivity contribution in [2.45, 2.75) is 38.1 Å². The van der Waals surface area contributed by atoms with Gasteiger partial charge in [0.25, 0.3) is 0 Å². The van der Waals surface area contributed by atoms with Gasteiger partial charge >= 0.3 is 0 Å². The van der Waals surface area contributed by atoms with Gasteiger partial charge in [0.05, 0.1) is 6.04 Å². The fourth-order valence-electron chi connectivity index (χ4n) is 3.58. The summed E-state index contributed by atoms with van der Waals surface area (Å²) < 4.78 is 0. The minimum atomic E-state index is 0.115. The molecule has 0 saturated heterocycles. The maximum atomic E-state index is 6.16. The predicted molar refractivity (Wildman–Crippen MR) is 59.1 cm³/mol. The van der Waals surface area contributed by atoms with E-state index in [1.807, 2.05) is 6.20 Å². The second-order valence-electron chi connectivity index (χ2n) is 5.25. The molecule has 0 amide bonds. The van der Waals surface area contributed by atoms with Gasteiger partial charge in [0.1, 0.15) is 5.82 Å². The van der Waals surface area contributed by atoms with Crippen LogP contribution in [0.2, 0.25) is 0 Å². The van der Waals surface area contributed by atoms with Crippen molar-refractivity contribution >= 4 is 0 Å². The molecule has 2 fully saturated rings. The average Bonchev–Trinajstić information content (AvgIpc) is 2.95. The Morgan fingerprint density at radius 3 is 3.00 bits per heavy atom. The van der Waals surface area contributed by atoms with E-state index in [4.69, 9.17) is 5.73 Å². The van der Waals surface area contributed by atoms with Gasteiger partial charge in [0.15, 0.2) is 0 Å². The van der Waals surface area contributed by atoms with Gasteiger partial charge in [-0.2, -0.15) is 0 Å². The second kappa shape index (κ2) is 3.63. The molecule has 2 saturated carbocycles. The summed E-state index contributed by atoms with van der Waals surface area (Å²) in [5, 5.41) is 0. The normalized spacial score (nSPS) is 35.9. The van der Waals surface area contributed by atoms with Crippen LogP contribution in [-0.4, -0.2) is 9.97 Å². The molecule has 1 heterocycles. The molecule has 0 aromatic carbocycles. The van der Waals surface area contributed by atoms with E-state index in [-0.39, 0.29) is 6.04 Å². The number of imidazole rings is 1. The summed E-state index contributed by atoms with van der Waals surface area (Å²) in [7, 11) is 0. The van der Waals surface area contributed by atoms with Gasteiger partial charge in [-0.15, -0.1) is 0 Å². The maximum absolute atomic E-state index is 6.16. The lowest BCUT2D eigenvalue weighted by Crippen LogP contribution is -2.20. The van der Waals surface area contributed by atoms with Gasteiger partial charge in [-0.1, -0.05) is 6.42 Å². The number of hydrogen-bond acceptors (Lipinski definition) is 2. The number of nitrogens with one attached hydrogen (secondary N) is 1. The van der Waals surface area contributed by atoms with Crippen LogP contribution >= 0.6 is 0 Å². The van der Waals surface area contributed by atoms with Crippen molar-refractivity contribution in [1.29, 1.82) is 0 Å². The summed E-state index contributed by atoms with van der Waals surface area (Å²) in [6.07, 6.45) is 10.6. The molecule has 3 nitrogen and oxygen atoms in total. The Morgan fingerprint density at radius 1 is 1.47 bits per heavy atom. The third kappa shape index (κ3) is 1.69. The number of H-pyrrole nitrogens is 1. The first-order valence-electron chi connectivity index (χ1n) is 6.08. The molecule has 3 heteroatoms. The number of nitrogens with zero attached hydrogens (tertiary/aromatic N) is 1. The van der Waals surface area contributed by atoms with Crippen LogP contribution in [0.4, 0.5) is 0 Å². The Hall–Kier alpha value is -0.830. The van der Waals surface area contributed by atoms with Crippen LogP contribution in [-0.2, 0) is 0 Å². The molecule has 1 aromatic heterocycles. The van der Waals surface area contributed by atoms with E-state index >= 15 is 0 Å². The van der Waals surface area contributed by atoms with Crippen LogP contribution in [0, 0.1) is 17.8 Å². The Bertz CT molecular complexity index is 320. The zero-order valence-corrected chi connectivity index (χ0v) is 9.02. The quantitative estimate of drug-likeness (QED) is 0.795. The lowest BCUT2D eigenvalue weighted by Gasteiger charge is -2.23. The highest BCUT2D eigenvalue weighted by molar-refractivity contribution is 4.98. The zero-order chi connectivity index (χ0) is 10.3. The monoisotopic (exact) mass is 205 g/mol. The molecule has 4 atom stereocenters. The van der Waals surface area contributed by atoms with E-state index < -0.39 is 0 Å². The Morgan fingerprint density at radius 2 is 2.40 bits per heavy atom. The minimum Gasteiger partial charge on any atom is -0.347 e. The summed E-state index contributed by atoms with van der Waals surface area (Å²) in [5.41, 5.74) is 6.16. The van der Waals surface area contributed by atoms with Crippen molar-refractivity contribution in [2.75, 3.05) is 0 Å². The first-order chi connectivity index (χ1) is 7.33. The van der Waals surface area contributed by atoms with Crippen molar-refractivity contribution in [3.63, 3.8) is 0 Å². The molecule has 1 aromatic rings. The summed E-state index contributed by atoms with van der Waals surface area (Å²) in [6.45, 7) is 0. The molecule has 3 rings (SSSR count). The molecule has 0 spiro atoms. The molecule has 0 aliphatic heterocycles. The molecule has 82 valence electrons. The summed E-state index contributed by atoms with van der Waals surface area (Å²) in [5.74, 6) is 3.81. The molecule has 4 unspecified atom stereocenters. The topological polar surface area (TPSA) is 54.7 Å². The average molecular weight is 205 g/mol. The van der Waals surface area contributed by atoms with Crippen LogP contribution in [0.15, 0.2) is 12.4 Å². The van der Waals surface area contributed by atoms with Crippen LogP contribution < -0.4 is 5.73 Å². The van der Waals surface area contributed by atoms with E-state index in [1.54, 1.807) is 6.20 Å². The minimum absolute atomic E-state index is 0.115. The van der Waals surface area contributed by atoms with E-state index in [1.165, 1.54) is 25.7 Å². The standard InChI is InChI=1S/C12H19N3/c13-11(12-14-3-4-15-12)7-10-6-8-1-2-9(10)5-8/h3-4,8-11H,1-2,5-7,13H2,(H,14,15). The highest BCUT2D eigenvalue weighted by Gasteiger charge is 2.39. The van der Waals surface area contributed by atoms with Crippen LogP contribution in [0.5, 0.6) is 0 Å². The number of nitrogens with two attached hydrogens (primary N) is 1. The lowest BCUT2D eigenvalue weighted by atomic mass is 9.84. The first kappa shape index (κ1) is 9.40. The van der Waals surface area contributed by atoms with Crippen LogP contribution in [0.3, 0.4) is 0 Å². The Kier molecular flexibility index (Phi) is 2.28. The molecule has 0 radical (unpaired) electrons. The number of hydrogen-bond donors (Lipinski definition) is 2. The van der Waals surface area contributed by atoms with Crippen LogP contribution in [0.25, 0.3) is 0 Å². The van der Waals surface area contributed by atoms with Gasteiger partial charge < -0.3 is 10.7 Å². The number of rotatable bonds is 3. The fourth-order valence-corrected chi connectivity index (χ4v) is 3.58. The molecular weight excluding hydrogens is 186 g/mol. The van der Waals surface area contributed by atoms with Gasteiger partial charge in [-0.25, -0.2) is 4.98 Å². The van der Waals surface area contributed by atoms with Gasteiger partial charge in [-0.05, 0) is 43.4 Å². The fraction of sp³-hybridized carbons (Fsp3) is 0.750. The van der Waals surface area contributed by atoms with Gasteiger partial charge in [-0.3, -0.25) is 0 Å². The lowest BCUT2D eigenvalue weighted by molar-refractivity contribution is 0.293. The summed E-state index contributed by atoms with van der Waals surface area (Å²) in [6, 6.07) is 0.115. The molecule has 3 N–H and O–H groups in total. The summed E-state index contributed by atoms with van der Waals surface area (Å²) >= 11 is 0. The second-order valence-corrected chi connectivity index (χ2v) is 5.25. The Balaban J connectivity index is 1.62. The van der Waals surface area contributed by atoms with Gasteiger partial charge in [0.2, 0.25) is 0 Å². The van der Waals surface area contributed by atoms with Crippen molar-refractivity contribution in [1.82, 2.24) is 9.97 Å². The van der Waals surface area contributed by atoms with Crippen LogP contribution in [0.1, 0.15) is 44.0 Å². The first-order valence-corrected chi connectivity index (χ1v) is 6.08. The molecule has 2 aliphatic rings. The third-order valence-corrected chi connectivity index (χ3v) is 4.31. The highest BCUT2D eigenvalue weighted by atomic mass is 14.9. The van der Waals surface area contributed by atoms with E-state index in [2.05, 4.69) is 9.97 Å². The molecule has 15 heavy (non-hydrogen) atoms. The molecule has 2 bridgehead atoms. The van der Waals surface area contributed by atoms with Crippen molar-refractivity contribution in [2.24, 2.45) is 23.5 Å². The highest BCUT2D eigenvalue weighted by Crippen LogP contribution is 2.50. The smallest absolute Gasteiger partial charge is 0.123 e. The maximum Gasteiger partial charge on any atom is 0.123 e. The van der Waals surface area contributed by atoms with Crippen molar-refractivity contribution in [3.8, 4) is 0 Å². The zero-order valence-electron chi connectivity index (χ0n) is 9.02. The largest absolute Gasteiger partial charge is 0.347 e. The van der Waals surface area contributed by atoms with E-state index in [9.17, 15) is 0 Å². The van der Waals surface area contributed by atoms with E-state index in [0.29, 0.717) is 0 Å².